The Morgan fingerprint density at radius 3 is 2.43 bits per heavy atom. The van der Waals surface area contributed by atoms with Crippen molar-refractivity contribution in [1.82, 2.24) is 14.9 Å². The second-order valence-electron chi connectivity index (χ2n) is 5.42. The van der Waals surface area contributed by atoms with Crippen molar-refractivity contribution in [3.63, 3.8) is 0 Å². The monoisotopic (exact) mass is 347 g/mol. The molecule has 2 aromatic rings. The van der Waals surface area contributed by atoms with Gasteiger partial charge in [-0.25, -0.2) is 9.97 Å². The third kappa shape index (κ3) is 4.53. The molecule has 0 bridgehead atoms. The van der Waals surface area contributed by atoms with Crippen molar-refractivity contribution in [3.05, 3.63) is 47.7 Å². The van der Waals surface area contributed by atoms with Gasteiger partial charge < -0.3 is 15.5 Å². The molecule has 1 aromatic heterocycles. The lowest BCUT2D eigenvalue weighted by atomic mass is 10.1. The van der Waals surface area contributed by atoms with Gasteiger partial charge in [0.05, 0.1) is 0 Å². The first-order valence-electron chi connectivity index (χ1n) is 7.56. The minimum absolute atomic E-state index is 0.381. The van der Waals surface area contributed by atoms with Gasteiger partial charge in [0.25, 0.3) is 0 Å². The van der Waals surface area contributed by atoms with Crippen LogP contribution in [0.4, 0.5) is 11.6 Å². The summed E-state index contributed by atoms with van der Waals surface area (Å²) in [4.78, 5) is 10.6. The smallest absolute Gasteiger partial charge is 0.222 e. The number of nitrogens with zero attached hydrogens (tertiary/aromatic N) is 3. The lowest BCUT2D eigenvalue weighted by Gasteiger charge is -2.34. The van der Waals surface area contributed by atoms with Gasteiger partial charge in [0.15, 0.2) is 5.11 Å². The average molecular weight is 348 g/mol. The Bertz CT molecular complexity index is 641. The summed E-state index contributed by atoms with van der Waals surface area (Å²) >= 11 is 11.4. The molecule has 23 heavy (non-hydrogen) atoms. The van der Waals surface area contributed by atoms with Gasteiger partial charge in [-0.3, -0.25) is 0 Å². The minimum Gasteiger partial charge on any atom is -0.351 e. The quantitative estimate of drug-likeness (QED) is 0.830. The summed E-state index contributed by atoms with van der Waals surface area (Å²) < 4.78 is 0. The predicted molar refractivity (Wildman–Crippen MR) is 97.9 cm³/mol. The molecule has 120 valence electrons. The molecule has 1 fully saturated rings. The van der Waals surface area contributed by atoms with E-state index < -0.39 is 0 Å². The normalized spacial score (nSPS) is 15.3. The number of hydrogen-bond acceptors (Lipinski definition) is 4. The van der Waals surface area contributed by atoms with E-state index in [0.717, 1.165) is 41.8 Å². The highest BCUT2D eigenvalue weighted by atomic mass is 35.5. The van der Waals surface area contributed by atoms with Crippen LogP contribution in [0.3, 0.4) is 0 Å². The van der Waals surface area contributed by atoms with Crippen LogP contribution >= 0.6 is 23.8 Å². The molecule has 1 aromatic carbocycles. The maximum absolute atomic E-state index is 5.89. The number of anilines is 2. The van der Waals surface area contributed by atoms with Gasteiger partial charge in [-0.2, -0.15) is 0 Å². The van der Waals surface area contributed by atoms with Gasteiger partial charge in [-0.1, -0.05) is 11.6 Å². The van der Waals surface area contributed by atoms with Crippen molar-refractivity contribution < 1.29 is 0 Å². The van der Waals surface area contributed by atoms with Gasteiger partial charge in [0, 0.05) is 42.2 Å². The zero-order chi connectivity index (χ0) is 16.1. The standard InChI is InChI=1S/C16H18ClN5S/c17-12-2-4-13(5-3-12)21-16(23)22-10-6-14(7-11-22)20-15-18-8-1-9-19-15/h1-5,8-9,14H,6-7,10-11H2,(H,21,23)(H,18,19,20). The van der Waals surface area contributed by atoms with E-state index in [0.29, 0.717) is 12.0 Å². The summed E-state index contributed by atoms with van der Waals surface area (Å²) in [7, 11) is 0. The summed E-state index contributed by atoms with van der Waals surface area (Å²) in [6, 6.07) is 9.75. The van der Waals surface area contributed by atoms with Gasteiger partial charge >= 0.3 is 0 Å². The van der Waals surface area contributed by atoms with Crippen LogP contribution in [0.15, 0.2) is 42.7 Å². The molecular weight excluding hydrogens is 330 g/mol. The summed E-state index contributed by atoms with van der Waals surface area (Å²) in [5.74, 6) is 0.688. The number of piperidine rings is 1. The molecule has 1 aliphatic heterocycles. The number of nitrogens with one attached hydrogen (secondary N) is 2. The fourth-order valence-electron chi connectivity index (χ4n) is 2.52. The molecule has 0 spiro atoms. The van der Waals surface area contributed by atoms with Crippen molar-refractivity contribution in [2.45, 2.75) is 18.9 Å². The van der Waals surface area contributed by atoms with Crippen LogP contribution in [-0.4, -0.2) is 39.1 Å². The largest absolute Gasteiger partial charge is 0.351 e. The van der Waals surface area contributed by atoms with Crippen LogP contribution < -0.4 is 10.6 Å². The summed E-state index contributed by atoms with van der Waals surface area (Å²) in [5, 5.41) is 8.10. The third-order valence-corrected chi connectivity index (χ3v) is 4.39. The highest BCUT2D eigenvalue weighted by molar-refractivity contribution is 7.80. The first kappa shape index (κ1) is 16.0. The Balaban J connectivity index is 1.48. The van der Waals surface area contributed by atoms with Crippen LogP contribution in [0.25, 0.3) is 0 Å². The van der Waals surface area contributed by atoms with E-state index in [1.807, 2.05) is 30.3 Å². The van der Waals surface area contributed by atoms with E-state index in [2.05, 4.69) is 25.5 Å². The molecule has 7 heteroatoms. The second kappa shape index (κ2) is 7.57. The molecular formula is C16H18ClN5S. The lowest BCUT2D eigenvalue weighted by Crippen LogP contribution is -2.44. The fourth-order valence-corrected chi connectivity index (χ4v) is 2.95. The van der Waals surface area contributed by atoms with Crippen LogP contribution in [0.5, 0.6) is 0 Å². The number of halogens is 1. The van der Waals surface area contributed by atoms with E-state index in [-0.39, 0.29) is 0 Å². The topological polar surface area (TPSA) is 53.1 Å². The van der Waals surface area contributed by atoms with Crippen molar-refractivity contribution in [2.75, 3.05) is 23.7 Å². The van der Waals surface area contributed by atoms with Crippen LogP contribution in [-0.2, 0) is 0 Å². The Kier molecular flexibility index (Phi) is 5.25. The van der Waals surface area contributed by atoms with Crippen molar-refractivity contribution >= 4 is 40.6 Å². The van der Waals surface area contributed by atoms with Crippen molar-refractivity contribution in [3.8, 4) is 0 Å². The molecule has 0 amide bonds. The summed E-state index contributed by atoms with van der Waals surface area (Å²) in [6.07, 6.45) is 5.49. The maximum atomic E-state index is 5.89. The number of likely N-dealkylation sites (tertiary alicyclic amines) is 1. The van der Waals surface area contributed by atoms with Gasteiger partial charge in [0.1, 0.15) is 0 Å². The Hall–Kier alpha value is -1.92. The highest BCUT2D eigenvalue weighted by Crippen LogP contribution is 2.17. The SMILES string of the molecule is S=C(Nc1ccc(Cl)cc1)N1CCC(Nc2ncccn2)CC1. The number of hydrogen-bond donors (Lipinski definition) is 2. The second-order valence-corrected chi connectivity index (χ2v) is 6.24. The van der Waals surface area contributed by atoms with Gasteiger partial charge in [0.2, 0.25) is 5.95 Å². The Morgan fingerprint density at radius 1 is 1.13 bits per heavy atom. The molecule has 2 heterocycles. The molecule has 1 aliphatic rings. The van der Waals surface area contributed by atoms with Gasteiger partial charge in [-0.05, 0) is 55.4 Å². The minimum atomic E-state index is 0.381. The zero-order valence-corrected chi connectivity index (χ0v) is 14.1. The van der Waals surface area contributed by atoms with E-state index >= 15 is 0 Å². The van der Waals surface area contributed by atoms with E-state index in [4.69, 9.17) is 23.8 Å². The lowest BCUT2D eigenvalue weighted by molar-refractivity contribution is 0.327. The fraction of sp³-hybridized carbons (Fsp3) is 0.312. The first-order chi connectivity index (χ1) is 11.2. The van der Waals surface area contributed by atoms with E-state index in [1.54, 1.807) is 12.4 Å². The number of benzene rings is 1. The molecule has 1 saturated heterocycles. The third-order valence-electron chi connectivity index (χ3n) is 3.78. The highest BCUT2D eigenvalue weighted by Gasteiger charge is 2.21. The van der Waals surface area contributed by atoms with Crippen LogP contribution in [0, 0.1) is 0 Å². The van der Waals surface area contributed by atoms with Gasteiger partial charge in [-0.15, -0.1) is 0 Å². The molecule has 0 aliphatic carbocycles. The zero-order valence-electron chi connectivity index (χ0n) is 12.6. The number of rotatable bonds is 3. The molecule has 0 radical (unpaired) electrons. The molecule has 0 unspecified atom stereocenters. The van der Waals surface area contributed by atoms with Crippen LogP contribution in [0.2, 0.25) is 5.02 Å². The molecule has 5 nitrogen and oxygen atoms in total. The van der Waals surface area contributed by atoms with E-state index in [9.17, 15) is 0 Å². The molecule has 0 saturated carbocycles. The maximum Gasteiger partial charge on any atom is 0.222 e. The van der Waals surface area contributed by atoms with E-state index in [1.165, 1.54) is 0 Å². The molecule has 3 rings (SSSR count). The van der Waals surface area contributed by atoms with Crippen molar-refractivity contribution in [2.24, 2.45) is 0 Å². The summed E-state index contributed by atoms with van der Waals surface area (Å²) in [6.45, 7) is 1.81. The number of thiocarbonyl (C=S) groups is 1. The van der Waals surface area contributed by atoms with Crippen LogP contribution in [0.1, 0.15) is 12.8 Å². The first-order valence-corrected chi connectivity index (χ1v) is 8.34. The molecule has 0 atom stereocenters. The predicted octanol–water partition coefficient (Wildman–Crippen LogP) is 3.40. The Morgan fingerprint density at radius 2 is 1.78 bits per heavy atom. The summed E-state index contributed by atoms with van der Waals surface area (Å²) in [5.41, 5.74) is 0.956. The number of aromatic nitrogens is 2. The molecule has 2 N–H and O–H groups in total. The van der Waals surface area contributed by atoms with Crippen molar-refractivity contribution in [1.29, 1.82) is 0 Å². The Labute approximate surface area is 146 Å². The average Bonchev–Trinajstić information content (AvgIpc) is 2.58.